The standard InChI is InChI=1S/C20H29NO2/c1-15-8-9-18-17(13-15)16(2)14-20(10-4-3-5-11-20)21(18)12-6-7-19(22)23/h8-9,13,16H,3-7,10-12,14H2,1-2H3,(H,22,23). The van der Waals surface area contributed by atoms with Crippen molar-refractivity contribution in [3.05, 3.63) is 29.3 Å². The Labute approximate surface area is 139 Å². The lowest BCUT2D eigenvalue weighted by Crippen LogP contribution is -2.54. The summed E-state index contributed by atoms with van der Waals surface area (Å²) in [6.07, 6.45) is 8.71. The SMILES string of the molecule is Cc1ccc2c(c1)C(C)CC1(CCCCC1)N2CCCC(=O)O. The largest absolute Gasteiger partial charge is 0.481 e. The fourth-order valence-corrected chi connectivity index (χ4v) is 4.79. The Morgan fingerprint density at radius 1 is 1.30 bits per heavy atom. The monoisotopic (exact) mass is 315 g/mol. The van der Waals surface area contributed by atoms with Crippen molar-refractivity contribution in [2.24, 2.45) is 0 Å². The molecule has 0 saturated heterocycles. The normalized spacial score (nSPS) is 22.9. The molecule has 0 bridgehead atoms. The van der Waals surface area contributed by atoms with Crippen LogP contribution in [0.2, 0.25) is 0 Å². The minimum Gasteiger partial charge on any atom is -0.481 e. The van der Waals surface area contributed by atoms with Crippen LogP contribution in [-0.4, -0.2) is 23.2 Å². The third-order valence-corrected chi connectivity index (χ3v) is 5.82. The zero-order valence-electron chi connectivity index (χ0n) is 14.5. The highest BCUT2D eigenvalue weighted by Gasteiger charge is 2.43. The maximum Gasteiger partial charge on any atom is 0.303 e. The van der Waals surface area contributed by atoms with Crippen molar-refractivity contribution in [3.8, 4) is 0 Å². The third kappa shape index (κ3) is 3.24. The van der Waals surface area contributed by atoms with Gasteiger partial charge >= 0.3 is 5.97 Å². The number of aliphatic carboxylic acids is 1. The molecule has 3 rings (SSSR count). The highest BCUT2D eigenvalue weighted by molar-refractivity contribution is 5.67. The van der Waals surface area contributed by atoms with E-state index >= 15 is 0 Å². The highest BCUT2D eigenvalue weighted by atomic mass is 16.4. The van der Waals surface area contributed by atoms with Gasteiger partial charge in [0.1, 0.15) is 0 Å². The van der Waals surface area contributed by atoms with E-state index in [9.17, 15) is 4.79 Å². The van der Waals surface area contributed by atoms with E-state index in [-0.39, 0.29) is 12.0 Å². The van der Waals surface area contributed by atoms with E-state index in [1.807, 2.05) is 0 Å². The molecule has 0 aromatic heterocycles. The van der Waals surface area contributed by atoms with Gasteiger partial charge in [0.2, 0.25) is 0 Å². The molecule has 1 atom stereocenters. The number of anilines is 1. The van der Waals surface area contributed by atoms with Crippen LogP contribution >= 0.6 is 0 Å². The molecule has 23 heavy (non-hydrogen) atoms. The molecule has 3 heteroatoms. The number of fused-ring (bicyclic) bond motifs is 1. The second-order valence-corrected chi connectivity index (χ2v) is 7.60. The van der Waals surface area contributed by atoms with Crippen molar-refractivity contribution in [1.82, 2.24) is 0 Å². The van der Waals surface area contributed by atoms with Gasteiger partial charge in [0, 0.05) is 24.2 Å². The quantitative estimate of drug-likeness (QED) is 0.861. The van der Waals surface area contributed by atoms with Gasteiger partial charge in [-0.25, -0.2) is 0 Å². The number of hydrogen-bond acceptors (Lipinski definition) is 2. The Morgan fingerprint density at radius 3 is 2.74 bits per heavy atom. The molecule has 1 aromatic rings. The van der Waals surface area contributed by atoms with E-state index < -0.39 is 5.97 Å². The van der Waals surface area contributed by atoms with Crippen LogP contribution in [-0.2, 0) is 4.79 Å². The lowest BCUT2D eigenvalue weighted by Gasteiger charge is -2.53. The molecule has 1 N–H and O–H groups in total. The van der Waals surface area contributed by atoms with Crippen LogP contribution in [0.1, 0.15) is 75.3 Å². The van der Waals surface area contributed by atoms with Crippen LogP contribution in [0, 0.1) is 6.92 Å². The van der Waals surface area contributed by atoms with Crippen molar-refractivity contribution in [3.63, 3.8) is 0 Å². The maximum absolute atomic E-state index is 10.9. The summed E-state index contributed by atoms with van der Waals surface area (Å²) in [7, 11) is 0. The maximum atomic E-state index is 10.9. The van der Waals surface area contributed by atoms with Gasteiger partial charge in [-0.15, -0.1) is 0 Å². The number of rotatable bonds is 4. The predicted molar refractivity (Wildman–Crippen MR) is 94.2 cm³/mol. The van der Waals surface area contributed by atoms with E-state index in [4.69, 9.17) is 5.11 Å². The summed E-state index contributed by atoms with van der Waals surface area (Å²) in [5.74, 6) is -0.0871. The molecule has 1 unspecified atom stereocenters. The topological polar surface area (TPSA) is 40.5 Å². The number of benzene rings is 1. The molecule has 126 valence electrons. The van der Waals surface area contributed by atoms with Crippen molar-refractivity contribution in [2.45, 2.75) is 76.7 Å². The molecule has 1 aliphatic heterocycles. The van der Waals surface area contributed by atoms with Crippen LogP contribution in [0.5, 0.6) is 0 Å². The first-order chi connectivity index (χ1) is 11.0. The second kappa shape index (κ2) is 6.54. The summed E-state index contributed by atoms with van der Waals surface area (Å²) >= 11 is 0. The number of carboxylic acids is 1. The van der Waals surface area contributed by atoms with Crippen molar-refractivity contribution >= 4 is 11.7 Å². The van der Waals surface area contributed by atoms with Crippen LogP contribution in [0.4, 0.5) is 5.69 Å². The molecule has 1 saturated carbocycles. The van der Waals surface area contributed by atoms with Gasteiger partial charge in [-0.1, -0.05) is 43.9 Å². The number of aryl methyl sites for hydroxylation is 1. The molecule has 0 radical (unpaired) electrons. The van der Waals surface area contributed by atoms with Crippen LogP contribution in [0.3, 0.4) is 0 Å². The predicted octanol–water partition coefficient (Wildman–Crippen LogP) is 4.88. The Hall–Kier alpha value is -1.51. The molecule has 0 amide bonds. The summed E-state index contributed by atoms with van der Waals surface area (Å²) in [6.45, 7) is 5.39. The van der Waals surface area contributed by atoms with Gasteiger partial charge < -0.3 is 10.0 Å². The average Bonchev–Trinajstić information content (AvgIpc) is 2.51. The lowest BCUT2D eigenvalue weighted by atomic mass is 9.70. The summed E-state index contributed by atoms with van der Waals surface area (Å²) in [5.41, 5.74) is 4.40. The highest BCUT2D eigenvalue weighted by Crippen LogP contribution is 2.49. The van der Waals surface area contributed by atoms with Crippen molar-refractivity contribution < 1.29 is 9.90 Å². The van der Waals surface area contributed by atoms with Crippen molar-refractivity contribution in [1.29, 1.82) is 0 Å². The summed E-state index contributed by atoms with van der Waals surface area (Å²) < 4.78 is 0. The number of hydrogen-bond donors (Lipinski definition) is 1. The minimum absolute atomic E-state index is 0.262. The zero-order valence-corrected chi connectivity index (χ0v) is 14.5. The summed E-state index contributed by atoms with van der Waals surface area (Å²) in [4.78, 5) is 13.5. The van der Waals surface area contributed by atoms with Gasteiger partial charge in [-0.3, -0.25) is 4.79 Å². The molecule has 1 fully saturated rings. The number of nitrogens with zero attached hydrogens (tertiary/aromatic N) is 1. The van der Waals surface area contributed by atoms with Gasteiger partial charge in [-0.05, 0) is 50.2 Å². The van der Waals surface area contributed by atoms with Gasteiger partial charge in [0.25, 0.3) is 0 Å². The molecule has 1 spiro atoms. The van der Waals surface area contributed by atoms with E-state index in [0.29, 0.717) is 5.92 Å². The van der Waals surface area contributed by atoms with E-state index in [1.54, 1.807) is 0 Å². The average molecular weight is 315 g/mol. The second-order valence-electron chi connectivity index (χ2n) is 7.60. The van der Waals surface area contributed by atoms with Gasteiger partial charge in [0.15, 0.2) is 0 Å². The Balaban J connectivity index is 1.93. The number of carboxylic acid groups (broad SMARTS) is 1. The first-order valence-electron chi connectivity index (χ1n) is 9.12. The minimum atomic E-state index is -0.683. The number of carbonyl (C=O) groups is 1. The zero-order chi connectivity index (χ0) is 16.4. The fourth-order valence-electron chi connectivity index (χ4n) is 4.79. The van der Waals surface area contributed by atoms with E-state index in [0.717, 1.165) is 13.0 Å². The molecular weight excluding hydrogens is 286 g/mol. The first-order valence-corrected chi connectivity index (χ1v) is 9.12. The third-order valence-electron chi connectivity index (χ3n) is 5.82. The van der Waals surface area contributed by atoms with Crippen molar-refractivity contribution in [2.75, 3.05) is 11.4 Å². The van der Waals surface area contributed by atoms with E-state index in [1.165, 1.54) is 55.3 Å². The molecular formula is C20H29NO2. The summed E-state index contributed by atoms with van der Waals surface area (Å²) in [6, 6.07) is 6.81. The fraction of sp³-hybridized carbons (Fsp3) is 0.650. The van der Waals surface area contributed by atoms with Gasteiger partial charge in [0.05, 0.1) is 0 Å². The molecule has 3 nitrogen and oxygen atoms in total. The Kier molecular flexibility index (Phi) is 4.65. The summed E-state index contributed by atoms with van der Waals surface area (Å²) in [5, 5.41) is 9.00. The van der Waals surface area contributed by atoms with Crippen LogP contribution in [0.15, 0.2) is 18.2 Å². The van der Waals surface area contributed by atoms with Crippen LogP contribution < -0.4 is 4.90 Å². The van der Waals surface area contributed by atoms with Gasteiger partial charge in [-0.2, -0.15) is 0 Å². The first kappa shape index (κ1) is 16.4. The Bertz CT molecular complexity index is 575. The molecule has 1 heterocycles. The molecule has 2 aliphatic rings. The molecule has 1 aliphatic carbocycles. The van der Waals surface area contributed by atoms with Crippen LogP contribution in [0.25, 0.3) is 0 Å². The lowest BCUT2D eigenvalue weighted by molar-refractivity contribution is -0.137. The van der Waals surface area contributed by atoms with E-state index in [2.05, 4.69) is 36.9 Å². The Morgan fingerprint density at radius 2 is 2.04 bits per heavy atom. The molecule has 1 aromatic carbocycles. The smallest absolute Gasteiger partial charge is 0.303 e.